The average Bonchev–Trinajstić information content (AvgIpc) is 3.17. The Labute approximate surface area is 210 Å². The second kappa shape index (κ2) is 10.9. The number of rotatable bonds is 8. The summed E-state index contributed by atoms with van der Waals surface area (Å²) < 4.78 is 5.73. The molecule has 1 aliphatic rings. The average molecular weight is 504 g/mol. The molecule has 182 valence electrons. The molecule has 0 bridgehead atoms. The van der Waals surface area contributed by atoms with Crippen LogP contribution in [0.25, 0.3) is 6.08 Å². The SMILES string of the molecule is CCN1C(=O)/C(=C/c2ccc(OCc3cccc([N+](=O)[O-])c3)cc2)SC1=Nc1ccc(C(=O)O)cc1. The Balaban J connectivity index is 1.45. The number of carboxylic acids is 1. The largest absolute Gasteiger partial charge is 0.489 e. The number of thioether (sulfide) groups is 1. The van der Waals surface area contributed by atoms with Crippen LogP contribution in [0.15, 0.2) is 82.7 Å². The standard InChI is InChI=1S/C26H21N3O6S/c1-2-28-24(30)23(36-26(28)27-20-10-8-19(9-11-20)25(31)32)15-17-6-12-22(13-7-17)35-16-18-4-3-5-21(14-18)29(33)34/h3-15H,2,16H2,1H3,(H,31,32)/b23-15-,27-26?. The number of non-ortho nitro benzene ring substituents is 1. The van der Waals surface area contributed by atoms with Gasteiger partial charge in [0.15, 0.2) is 5.17 Å². The maximum absolute atomic E-state index is 12.9. The molecule has 1 heterocycles. The van der Waals surface area contributed by atoms with Crippen molar-refractivity contribution in [3.63, 3.8) is 0 Å². The Kier molecular flexibility index (Phi) is 7.45. The summed E-state index contributed by atoms with van der Waals surface area (Å²) >= 11 is 1.25. The van der Waals surface area contributed by atoms with E-state index in [1.807, 2.05) is 19.1 Å². The lowest BCUT2D eigenvalue weighted by Gasteiger charge is -2.12. The maximum atomic E-state index is 12.9. The lowest BCUT2D eigenvalue weighted by molar-refractivity contribution is -0.384. The Morgan fingerprint density at radius 1 is 1.14 bits per heavy atom. The molecular formula is C26H21N3O6S. The molecule has 1 fully saturated rings. The first-order chi connectivity index (χ1) is 17.3. The number of amidine groups is 1. The zero-order chi connectivity index (χ0) is 25.7. The predicted octanol–water partition coefficient (Wildman–Crippen LogP) is 5.50. The fourth-order valence-corrected chi connectivity index (χ4v) is 4.46. The molecule has 0 radical (unpaired) electrons. The summed E-state index contributed by atoms with van der Waals surface area (Å²) in [5, 5.41) is 20.5. The first-order valence-electron chi connectivity index (χ1n) is 10.9. The van der Waals surface area contributed by atoms with E-state index in [1.54, 1.807) is 47.4 Å². The molecule has 0 spiro atoms. The third-order valence-electron chi connectivity index (χ3n) is 5.25. The number of hydrogen-bond acceptors (Lipinski definition) is 7. The van der Waals surface area contributed by atoms with Crippen LogP contribution in [0.4, 0.5) is 11.4 Å². The summed E-state index contributed by atoms with van der Waals surface area (Å²) in [4.78, 5) is 41.0. The van der Waals surface area contributed by atoms with Crippen molar-refractivity contribution in [2.45, 2.75) is 13.5 Å². The molecule has 1 saturated heterocycles. The normalized spacial score (nSPS) is 15.5. The van der Waals surface area contributed by atoms with Crippen LogP contribution < -0.4 is 4.74 Å². The van der Waals surface area contributed by atoms with Gasteiger partial charge >= 0.3 is 5.97 Å². The van der Waals surface area contributed by atoms with Crippen molar-refractivity contribution in [3.8, 4) is 5.75 Å². The number of hydrogen-bond donors (Lipinski definition) is 1. The summed E-state index contributed by atoms with van der Waals surface area (Å²) in [6.07, 6.45) is 1.77. The fraction of sp³-hybridized carbons (Fsp3) is 0.115. The van der Waals surface area contributed by atoms with Gasteiger partial charge in [-0.25, -0.2) is 9.79 Å². The summed E-state index contributed by atoms with van der Waals surface area (Å²) in [6, 6.07) is 19.6. The van der Waals surface area contributed by atoms with Crippen molar-refractivity contribution in [1.29, 1.82) is 0 Å². The number of nitro groups is 1. The first-order valence-corrected chi connectivity index (χ1v) is 11.8. The van der Waals surface area contributed by atoms with E-state index in [0.29, 0.717) is 33.6 Å². The molecule has 0 saturated carbocycles. The Hall–Kier alpha value is -4.44. The van der Waals surface area contributed by atoms with E-state index in [9.17, 15) is 19.7 Å². The van der Waals surface area contributed by atoms with Gasteiger partial charge in [0, 0.05) is 18.7 Å². The monoisotopic (exact) mass is 503 g/mol. The Morgan fingerprint density at radius 3 is 2.50 bits per heavy atom. The van der Waals surface area contributed by atoms with E-state index in [-0.39, 0.29) is 23.8 Å². The number of nitrogens with zero attached hydrogens (tertiary/aromatic N) is 3. The second-order valence-electron chi connectivity index (χ2n) is 7.69. The van der Waals surface area contributed by atoms with Crippen LogP contribution in [0.5, 0.6) is 5.75 Å². The predicted molar refractivity (Wildman–Crippen MR) is 137 cm³/mol. The molecule has 4 rings (SSSR count). The van der Waals surface area contributed by atoms with Gasteiger partial charge in [-0.15, -0.1) is 0 Å². The van der Waals surface area contributed by atoms with E-state index >= 15 is 0 Å². The van der Waals surface area contributed by atoms with Crippen molar-refractivity contribution in [2.24, 2.45) is 4.99 Å². The van der Waals surface area contributed by atoms with Gasteiger partial charge in [0.1, 0.15) is 12.4 Å². The van der Waals surface area contributed by atoms with Crippen LogP contribution >= 0.6 is 11.8 Å². The van der Waals surface area contributed by atoms with Crippen LogP contribution in [0, 0.1) is 10.1 Å². The highest BCUT2D eigenvalue weighted by atomic mass is 32.2. The highest BCUT2D eigenvalue weighted by molar-refractivity contribution is 8.18. The quantitative estimate of drug-likeness (QED) is 0.245. The number of likely N-dealkylation sites (N-methyl/N-ethyl adjacent to an activating group) is 1. The summed E-state index contributed by atoms with van der Waals surface area (Å²) in [5.41, 5.74) is 2.22. The lowest BCUT2D eigenvalue weighted by atomic mass is 10.2. The van der Waals surface area contributed by atoms with Gasteiger partial charge in [-0.1, -0.05) is 24.3 Å². The van der Waals surface area contributed by atoms with E-state index in [1.165, 1.54) is 36.0 Å². The van der Waals surface area contributed by atoms with Crippen LogP contribution in [0.2, 0.25) is 0 Å². The van der Waals surface area contributed by atoms with Crippen LogP contribution in [-0.2, 0) is 11.4 Å². The molecule has 9 nitrogen and oxygen atoms in total. The number of aromatic carboxylic acids is 1. The molecule has 0 aliphatic carbocycles. The van der Waals surface area contributed by atoms with Gasteiger partial charge in [0.2, 0.25) is 0 Å². The third kappa shape index (κ3) is 5.78. The number of carbonyl (C=O) groups excluding carboxylic acids is 1. The van der Waals surface area contributed by atoms with Crippen molar-refractivity contribution >= 4 is 46.3 Å². The fourth-order valence-electron chi connectivity index (χ4n) is 3.40. The van der Waals surface area contributed by atoms with Gasteiger partial charge in [-0.3, -0.25) is 19.8 Å². The molecule has 3 aromatic carbocycles. The first kappa shape index (κ1) is 24.7. The van der Waals surface area contributed by atoms with Gasteiger partial charge in [0.05, 0.1) is 21.1 Å². The molecule has 3 aromatic rings. The summed E-state index contributed by atoms with van der Waals surface area (Å²) in [6.45, 7) is 2.49. The minimum absolute atomic E-state index is 0.0121. The van der Waals surface area contributed by atoms with Crippen molar-refractivity contribution in [3.05, 3.63) is 105 Å². The van der Waals surface area contributed by atoms with Crippen LogP contribution in [0.3, 0.4) is 0 Å². The number of benzene rings is 3. The van der Waals surface area contributed by atoms with Gasteiger partial charge < -0.3 is 9.84 Å². The topological polar surface area (TPSA) is 122 Å². The number of carbonyl (C=O) groups is 2. The van der Waals surface area contributed by atoms with Crippen LogP contribution in [-0.4, -0.2) is 38.5 Å². The van der Waals surface area contributed by atoms with Crippen molar-refractivity contribution in [2.75, 3.05) is 6.54 Å². The van der Waals surface area contributed by atoms with E-state index < -0.39 is 10.9 Å². The van der Waals surface area contributed by atoms with Crippen LogP contribution in [0.1, 0.15) is 28.4 Å². The number of aliphatic imine (C=N–C) groups is 1. The molecule has 36 heavy (non-hydrogen) atoms. The van der Waals surface area contributed by atoms with E-state index in [2.05, 4.69) is 4.99 Å². The maximum Gasteiger partial charge on any atom is 0.335 e. The number of amides is 1. The molecule has 0 atom stereocenters. The molecule has 0 unspecified atom stereocenters. The molecular weight excluding hydrogens is 482 g/mol. The highest BCUT2D eigenvalue weighted by Gasteiger charge is 2.32. The smallest absolute Gasteiger partial charge is 0.335 e. The minimum atomic E-state index is -1.01. The Bertz CT molecular complexity index is 1370. The zero-order valence-electron chi connectivity index (χ0n) is 19.2. The zero-order valence-corrected chi connectivity index (χ0v) is 20.0. The minimum Gasteiger partial charge on any atom is -0.489 e. The highest BCUT2D eigenvalue weighted by Crippen LogP contribution is 2.34. The number of nitro benzene ring substituents is 1. The molecule has 1 aliphatic heterocycles. The van der Waals surface area contributed by atoms with Gasteiger partial charge in [-0.2, -0.15) is 0 Å². The van der Waals surface area contributed by atoms with Gasteiger partial charge in [-0.05, 0) is 72.3 Å². The second-order valence-corrected chi connectivity index (χ2v) is 8.70. The molecule has 1 amide bonds. The summed E-state index contributed by atoms with van der Waals surface area (Å²) in [5.74, 6) is -0.578. The molecule has 10 heteroatoms. The Morgan fingerprint density at radius 2 is 1.86 bits per heavy atom. The summed E-state index contributed by atoms with van der Waals surface area (Å²) in [7, 11) is 0. The lowest BCUT2D eigenvalue weighted by Crippen LogP contribution is -2.28. The number of ether oxygens (including phenoxy) is 1. The van der Waals surface area contributed by atoms with Crippen molar-refractivity contribution in [1.82, 2.24) is 4.90 Å². The van der Waals surface area contributed by atoms with Gasteiger partial charge in [0.25, 0.3) is 11.6 Å². The third-order valence-corrected chi connectivity index (χ3v) is 6.25. The van der Waals surface area contributed by atoms with E-state index in [4.69, 9.17) is 9.84 Å². The van der Waals surface area contributed by atoms with E-state index in [0.717, 1.165) is 5.56 Å². The number of carboxylic acid groups (broad SMARTS) is 1. The molecule has 0 aromatic heterocycles. The molecule has 1 N–H and O–H groups in total. The van der Waals surface area contributed by atoms with Crippen molar-refractivity contribution < 1.29 is 24.4 Å².